The first kappa shape index (κ1) is 17.3. The summed E-state index contributed by atoms with van der Waals surface area (Å²) in [4.78, 5) is 8.74. The summed E-state index contributed by atoms with van der Waals surface area (Å²) >= 11 is 1.63. The minimum absolute atomic E-state index is 0.920. The number of rotatable bonds is 3. The maximum Gasteiger partial charge on any atom is 0.117 e. The van der Waals surface area contributed by atoms with Gasteiger partial charge in [0.15, 0.2) is 0 Å². The SMILES string of the molecule is C/C=C(/C#Cc1cc(CC)ccc1C)c1ncnc(SC)c1C. The molecule has 0 aliphatic rings. The Kier molecular flexibility index (Phi) is 6.01. The molecule has 0 aliphatic carbocycles. The average Bonchev–Trinajstić information content (AvgIpc) is 2.58. The van der Waals surface area contributed by atoms with Gasteiger partial charge in [-0.15, -0.1) is 11.8 Å². The van der Waals surface area contributed by atoms with Gasteiger partial charge in [-0.2, -0.15) is 0 Å². The van der Waals surface area contributed by atoms with Crippen molar-refractivity contribution in [2.75, 3.05) is 6.26 Å². The molecule has 2 aromatic rings. The summed E-state index contributed by atoms with van der Waals surface area (Å²) < 4.78 is 0. The lowest BCUT2D eigenvalue weighted by Gasteiger charge is -2.07. The maximum atomic E-state index is 4.43. The zero-order chi connectivity index (χ0) is 16.8. The lowest BCUT2D eigenvalue weighted by atomic mass is 10.0. The second-order valence-corrected chi connectivity index (χ2v) is 6.11. The third-order valence-corrected chi connectivity index (χ3v) is 4.62. The predicted molar refractivity (Wildman–Crippen MR) is 99.6 cm³/mol. The van der Waals surface area contributed by atoms with Crippen LogP contribution in [0, 0.1) is 25.7 Å². The number of benzene rings is 1. The fourth-order valence-electron chi connectivity index (χ4n) is 2.34. The van der Waals surface area contributed by atoms with Gasteiger partial charge in [0.05, 0.1) is 5.69 Å². The number of allylic oxidation sites excluding steroid dienone is 2. The average molecular weight is 322 g/mol. The molecular formula is C20H22N2S. The second-order valence-electron chi connectivity index (χ2n) is 5.31. The first-order valence-corrected chi connectivity index (χ1v) is 8.97. The van der Waals surface area contributed by atoms with E-state index in [0.29, 0.717) is 0 Å². The highest BCUT2D eigenvalue weighted by atomic mass is 32.2. The van der Waals surface area contributed by atoms with Crippen molar-refractivity contribution in [3.63, 3.8) is 0 Å². The van der Waals surface area contributed by atoms with Crippen molar-refractivity contribution >= 4 is 17.3 Å². The smallest absolute Gasteiger partial charge is 0.117 e. The minimum atomic E-state index is 0.920. The van der Waals surface area contributed by atoms with E-state index in [-0.39, 0.29) is 0 Å². The highest BCUT2D eigenvalue weighted by Gasteiger charge is 2.08. The van der Waals surface area contributed by atoms with Crippen LogP contribution in [-0.2, 0) is 6.42 Å². The molecule has 0 bridgehead atoms. The first-order chi connectivity index (χ1) is 11.1. The lowest BCUT2D eigenvalue weighted by Crippen LogP contribution is -1.97. The maximum absolute atomic E-state index is 4.43. The monoisotopic (exact) mass is 322 g/mol. The molecule has 0 saturated heterocycles. The number of thioether (sulfide) groups is 1. The number of hydrogen-bond donors (Lipinski definition) is 0. The Bertz CT molecular complexity index is 795. The van der Waals surface area contributed by atoms with E-state index in [4.69, 9.17) is 0 Å². The topological polar surface area (TPSA) is 25.8 Å². The van der Waals surface area contributed by atoms with E-state index in [2.05, 4.69) is 60.8 Å². The van der Waals surface area contributed by atoms with Crippen LogP contribution >= 0.6 is 11.8 Å². The summed E-state index contributed by atoms with van der Waals surface area (Å²) in [6, 6.07) is 6.48. The Hall–Kier alpha value is -2.05. The van der Waals surface area contributed by atoms with Crippen LogP contribution in [0.1, 0.15) is 41.8 Å². The van der Waals surface area contributed by atoms with Crippen LogP contribution in [0.4, 0.5) is 0 Å². The van der Waals surface area contributed by atoms with Crippen molar-refractivity contribution in [2.45, 2.75) is 39.1 Å². The van der Waals surface area contributed by atoms with Crippen molar-refractivity contribution in [3.05, 3.63) is 58.6 Å². The molecule has 0 aliphatic heterocycles. The molecule has 0 unspecified atom stereocenters. The lowest BCUT2D eigenvalue weighted by molar-refractivity contribution is 0.991. The molecule has 0 atom stereocenters. The van der Waals surface area contributed by atoms with Gasteiger partial charge in [-0.25, -0.2) is 9.97 Å². The van der Waals surface area contributed by atoms with Gasteiger partial charge in [0, 0.05) is 16.7 Å². The van der Waals surface area contributed by atoms with Crippen molar-refractivity contribution < 1.29 is 0 Å². The van der Waals surface area contributed by atoms with Crippen LogP contribution in [0.5, 0.6) is 0 Å². The molecule has 1 aromatic heterocycles. The molecule has 23 heavy (non-hydrogen) atoms. The molecule has 0 N–H and O–H groups in total. The van der Waals surface area contributed by atoms with E-state index in [0.717, 1.165) is 33.8 Å². The molecule has 2 nitrogen and oxygen atoms in total. The number of aryl methyl sites for hydroxylation is 2. The van der Waals surface area contributed by atoms with E-state index in [9.17, 15) is 0 Å². The molecule has 0 spiro atoms. The van der Waals surface area contributed by atoms with Crippen LogP contribution in [0.3, 0.4) is 0 Å². The third-order valence-electron chi connectivity index (χ3n) is 3.82. The fraction of sp³-hybridized carbons (Fsp3) is 0.300. The van der Waals surface area contributed by atoms with Crippen LogP contribution in [0.15, 0.2) is 35.6 Å². The molecule has 1 aromatic carbocycles. The van der Waals surface area contributed by atoms with Crippen molar-refractivity contribution in [1.82, 2.24) is 9.97 Å². The Balaban J connectivity index is 2.43. The van der Waals surface area contributed by atoms with Gasteiger partial charge >= 0.3 is 0 Å². The highest BCUT2D eigenvalue weighted by Crippen LogP contribution is 2.23. The fourth-order valence-corrected chi connectivity index (χ4v) is 2.89. The zero-order valence-corrected chi connectivity index (χ0v) is 15.2. The summed E-state index contributed by atoms with van der Waals surface area (Å²) in [7, 11) is 0. The Labute approximate surface area is 143 Å². The summed E-state index contributed by atoms with van der Waals surface area (Å²) in [5.74, 6) is 6.61. The van der Waals surface area contributed by atoms with E-state index in [1.54, 1.807) is 18.1 Å². The van der Waals surface area contributed by atoms with Gasteiger partial charge in [-0.3, -0.25) is 0 Å². The summed E-state index contributed by atoms with van der Waals surface area (Å²) in [5, 5.41) is 1.00. The molecular weight excluding hydrogens is 300 g/mol. The molecule has 0 fully saturated rings. The molecule has 2 rings (SSSR count). The third kappa shape index (κ3) is 4.03. The van der Waals surface area contributed by atoms with Crippen LogP contribution in [0.25, 0.3) is 5.57 Å². The van der Waals surface area contributed by atoms with Gasteiger partial charge in [-0.05, 0) is 50.6 Å². The van der Waals surface area contributed by atoms with E-state index >= 15 is 0 Å². The van der Waals surface area contributed by atoms with Crippen LogP contribution < -0.4 is 0 Å². The number of nitrogens with zero attached hydrogens (tertiary/aromatic N) is 2. The standard InChI is InChI=1S/C20H22N2S/c1-6-16-9-8-14(3)18(12-16)11-10-17(7-2)19-15(4)20(23-5)22-13-21-19/h7-9,12-13H,6H2,1-5H3/b17-7-. The Morgan fingerprint density at radius 2 is 2.04 bits per heavy atom. The highest BCUT2D eigenvalue weighted by molar-refractivity contribution is 7.98. The molecule has 0 amide bonds. The summed E-state index contributed by atoms with van der Waals surface area (Å²) in [6.07, 6.45) is 6.68. The number of hydrogen-bond acceptors (Lipinski definition) is 3. The van der Waals surface area contributed by atoms with Crippen molar-refractivity contribution in [3.8, 4) is 11.8 Å². The summed E-state index contributed by atoms with van der Waals surface area (Å²) in [6.45, 7) is 8.31. The summed E-state index contributed by atoms with van der Waals surface area (Å²) in [5.41, 5.74) is 6.55. The van der Waals surface area contributed by atoms with E-state index in [1.807, 2.05) is 19.3 Å². The van der Waals surface area contributed by atoms with Crippen LogP contribution in [-0.4, -0.2) is 16.2 Å². The predicted octanol–water partition coefficient (Wildman–Crippen LogP) is 4.83. The van der Waals surface area contributed by atoms with Crippen molar-refractivity contribution in [1.29, 1.82) is 0 Å². The van der Waals surface area contributed by atoms with E-state index < -0.39 is 0 Å². The van der Waals surface area contributed by atoms with Gasteiger partial charge < -0.3 is 0 Å². The molecule has 118 valence electrons. The minimum Gasteiger partial charge on any atom is -0.235 e. The zero-order valence-electron chi connectivity index (χ0n) is 14.4. The largest absolute Gasteiger partial charge is 0.235 e. The quantitative estimate of drug-likeness (QED) is 0.460. The molecule has 0 saturated carbocycles. The molecule has 0 radical (unpaired) electrons. The second kappa shape index (κ2) is 7.99. The Morgan fingerprint density at radius 1 is 1.26 bits per heavy atom. The first-order valence-electron chi connectivity index (χ1n) is 7.74. The Morgan fingerprint density at radius 3 is 2.70 bits per heavy atom. The van der Waals surface area contributed by atoms with Crippen LogP contribution in [0.2, 0.25) is 0 Å². The molecule has 1 heterocycles. The van der Waals surface area contributed by atoms with Gasteiger partial charge in [0.2, 0.25) is 0 Å². The van der Waals surface area contributed by atoms with E-state index in [1.165, 1.54) is 11.1 Å². The van der Waals surface area contributed by atoms with Gasteiger partial charge in [-0.1, -0.05) is 37.0 Å². The van der Waals surface area contributed by atoms with Gasteiger partial charge in [0.25, 0.3) is 0 Å². The van der Waals surface area contributed by atoms with Crippen molar-refractivity contribution in [2.24, 2.45) is 0 Å². The van der Waals surface area contributed by atoms with Gasteiger partial charge in [0.1, 0.15) is 11.4 Å². The number of aromatic nitrogens is 2. The normalized spacial score (nSPS) is 11.1. The molecule has 3 heteroatoms.